The van der Waals surface area contributed by atoms with Crippen molar-refractivity contribution in [3.63, 3.8) is 0 Å². The molecule has 4 rings (SSSR count). The van der Waals surface area contributed by atoms with Gasteiger partial charge in [0, 0.05) is 23.6 Å². The Morgan fingerprint density at radius 1 is 1.12 bits per heavy atom. The zero-order valence-corrected chi connectivity index (χ0v) is 16.6. The Morgan fingerprint density at radius 2 is 1.88 bits per heavy atom. The number of carboxylic acids is 1. The van der Waals surface area contributed by atoms with Crippen molar-refractivity contribution < 1.29 is 27.9 Å². The van der Waals surface area contributed by atoms with Crippen LogP contribution < -0.4 is 15.6 Å². The third-order valence-corrected chi connectivity index (χ3v) is 5.47. The molecule has 1 atom stereocenters. The summed E-state index contributed by atoms with van der Waals surface area (Å²) in [5.41, 5.74) is -2.28. The molecule has 2 heterocycles. The SMILES string of the molecule is O=C(Nc1c(N2CCCC2C(=O)O)cccc1C(F)(F)F)c1c[nH]c2ccccc2c1=O. The van der Waals surface area contributed by atoms with Crippen molar-refractivity contribution in [2.45, 2.75) is 25.1 Å². The number of nitrogens with one attached hydrogen (secondary N) is 2. The van der Waals surface area contributed by atoms with Crippen LogP contribution in [-0.4, -0.2) is 34.6 Å². The van der Waals surface area contributed by atoms with Crippen molar-refractivity contribution in [1.29, 1.82) is 0 Å². The van der Waals surface area contributed by atoms with E-state index in [4.69, 9.17) is 0 Å². The summed E-state index contributed by atoms with van der Waals surface area (Å²) < 4.78 is 41.3. The first kappa shape index (κ1) is 21.4. The summed E-state index contributed by atoms with van der Waals surface area (Å²) in [7, 11) is 0. The zero-order chi connectivity index (χ0) is 23.0. The third-order valence-electron chi connectivity index (χ3n) is 5.47. The lowest BCUT2D eigenvalue weighted by molar-refractivity contribution is -0.138. The number of carboxylic acid groups (broad SMARTS) is 1. The minimum atomic E-state index is -4.81. The molecule has 3 aromatic rings. The normalized spacial score (nSPS) is 16.3. The summed E-state index contributed by atoms with van der Waals surface area (Å²) in [4.78, 5) is 41.4. The second kappa shape index (κ2) is 8.03. The smallest absolute Gasteiger partial charge is 0.418 e. The summed E-state index contributed by atoms with van der Waals surface area (Å²) in [5, 5.41) is 11.9. The molecule has 10 heteroatoms. The second-order valence-corrected chi connectivity index (χ2v) is 7.42. The van der Waals surface area contributed by atoms with E-state index in [2.05, 4.69) is 10.3 Å². The van der Waals surface area contributed by atoms with Crippen molar-refractivity contribution in [1.82, 2.24) is 4.98 Å². The fourth-order valence-corrected chi connectivity index (χ4v) is 3.98. The highest BCUT2D eigenvalue weighted by Gasteiger charge is 2.38. The van der Waals surface area contributed by atoms with E-state index in [-0.39, 0.29) is 29.6 Å². The number of halogens is 3. The van der Waals surface area contributed by atoms with Crippen LogP contribution in [0.1, 0.15) is 28.8 Å². The van der Waals surface area contributed by atoms with Crippen LogP contribution in [0.4, 0.5) is 24.5 Å². The molecule has 0 aliphatic carbocycles. The van der Waals surface area contributed by atoms with Crippen molar-refractivity contribution >= 4 is 34.2 Å². The van der Waals surface area contributed by atoms with E-state index in [1.807, 2.05) is 0 Å². The molecule has 1 aliphatic heterocycles. The maximum Gasteiger partial charge on any atom is 0.418 e. The summed E-state index contributed by atoms with van der Waals surface area (Å²) in [5.74, 6) is -2.19. The summed E-state index contributed by atoms with van der Waals surface area (Å²) in [6.07, 6.45) is -2.92. The third kappa shape index (κ3) is 3.79. The van der Waals surface area contributed by atoms with Gasteiger partial charge in [0.1, 0.15) is 11.6 Å². The number of carbonyl (C=O) groups is 2. The van der Waals surface area contributed by atoms with Crippen molar-refractivity contribution in [3.8, 4) is 0 Å². The van der Waals surface area contributed by atoms with E-state index in [1.165, 1.54) is 17.0 Å². The Kier molecular flexibility index (Phi) is 5.37. The monoisotopic (exact) mass is 445 g/mol. The minimum Gasteiger partial charge on any atom is -0.480 e. The fourth-order valence-electron chi connectivity index (χ4n) is 3.98. The van der Waals surface area contributed by atoms with Crippen LogP contribution in [0.3, 0.4) is 0 Å². The number of amides is 1. The quantitative estimate of drug-likeness (QED) is 0.566. The standard InChI is InChI=1S/C22H18F3N3O4/c23-22(24,25)14-6-3-8-16(28-10-4-9-17(28)21(31)32)18(14)27-20(30)13-11-26-15-7-2-1-5-12(15)19(13)29/h1-3,5-8,11,17H,4,9-10H2,(H,26,29)(H,27,30)(H,31,32). The van der Waals surface area contributed by atoms with Crippen LogP contribution in [0.25, 0.3) is 10.9 Å². The van der Waals surface area contributed by atoms with Gasteiger partial charge in [-0.05, 0) is 37.1 Å². The number of fused-ring (bicyclic) bond motifs is 1. The highest BCUT2D eigenvalue weighted by Crippen LogP contribution is 2.42. The van der Waals surface area contributed by atoms with Crippen LogP contribution in [0, 0.1) is 0 Å². The lowest BCUT2D eigenvalue weighted by Crippen LogP contribution is -2.37. The molecule has 1 saturated heterocycles. The topological polar surface area (TPSA) is 102 Å². The van der Waals surface area contributed by atoms with Gasteiger partial charge in [0.15, 0.2) is 0 Å². The number of aromatic nitrogens is 1. The van der Waals surface area contributed by atoms with Crippen LogP contribution in [0.5, 0.6) is 0 Å². The number of pyridine rings is 1. The van der Waals surface area contributed by atoms with E-state index in [0.717, 1.165) is 18.3 Å². The zero-order valence-electron chi connectivity index (χ0n) is 16.6. The highest BCUT2D eigenvalue weighted by atomic mass is 19.4. The van der Waals surface area contributed by atoms with Gasteiger partial charge in [0.2, 0.25) is 5.43 Å². The van der Waals surface area contributed by atoms with E-state index in [9.17, 15) is 32.7 Å². The largest absolute Gasteiger partial charge is 0.480 e. The van der Waals surface area contributed by atoms with E-state index in [0.29, 0.717) is 11.9 Å². The van der Waals surface area contributed by atoms with E-state index >= 15 is 0 Å². The van der Waals surface area contributed by atoms with E-state index < -0.39 is 40.8 Å². The molecule has 3 N–H and O–H groups in total. The van der Waals surface area contributed by atoms with Gasteiger partial charge in [-0.25, -0.2) is 4.79 Å². The Balaban J connectivity index is 1.81. The van der Waals surface area contributed by atoms with E-state index in [1.54, 1.807) is 18.2 Å². The Hall–Kier alpha value is -3.82. The Labute approximate surface area is 179 Å². The van der Waals surface area contributed by atoms with Crippen molar-refractivity contribution in [2.75, 3.05) is 16.8 Å². The van der Waals surface area contributed by atoms with Gasteiger partial charge < -0.3 is 20.3 Å². The average Bonchev–Trinajstić information content (AvgIpc) is 3.23. The molecule has 7 nitrogen and oxygen atoms in total. The van der Waals surface area contributed by atoms with Crippen LogP contribution in [-0.2, 0) is 11.0 Å². The number of benzene rings is 2. The molecule has 0 spiro atoms. The first-order chi connectivity index (χ1) is 15.2. The van der Waals surface area contributed by atoms with Gasteiger partial charge in [-0.1, -0.05) is 18.2 Å². The lowest BCUT2D eigenvalue weighted by atomic mass is 10.1. The fraction of sp³-hybridized carbons (Fsp3) is 0.227. The number of anilines is 2. The van der Waals surface area contributed by atoms with Gasteiger partial charge >= 0.3 is 12.1 Å². The highest BCUT2D eigenvalue weighted by molar-refractivity contribution is 6.08. The van der Waals surface area contributed by atoms with Gasteiger partial charge in [-0.3, -0.25) is 9.59 Å². The number of carbonyl (C=O) groups excluding carboxylic acids is 1. The number of hydrogen-bond acceptors (Lipinski definition) is 4. The summed E-state index contributed by atoms with van der Waals surface area (Å²) in [6.45, 7) is 0.220. The average molecular weight is 445 g/mol. The predicted molar refractivity (Wildman–Crippen MR) is 112 cm³/mol. The number of rotatable bonds is 4. The van der Waals surface area contributed by atoms with Crippen LogP contribution in [0.2, 0.25) is 0 Å². The first-order valence-electron chi connectivity index (χ1n) is 9.80. The lowest BCUT2D eigenvalue weighted by Gasteiger charge is -2.28. The number of aliphatic carboxylic acids is 1. The molecule has 1 fully saturated rings. The number of H-pyrrole nitrogens is 1. The molecule has 1 aromatic heterocycles. The molecule has 0 radical (unpaired) electrons. The van der Waals surface area contributed by atoms with Gasteiger partial charge in [-0.15, -0.1) is 0 Å². The molecule has 1 unspecified atom stereocenters. The molecular weight excluding hydrogens is 427 g/mol. The van der Waals surface area contributed by atoms with Gasteiger partial charge in [0.05, 0.1) is 16.9 Å². The van der Waals surface area contributed by atoms with Crippen LogP contribution in [0.15, 0.2) is 53.5 Å². The number of aromatic amines is 1. The molecule has 2 aromatic carbocycles. The summed E-state index contributed by atoms with van der Waals surface area (Å²) in [6, 6.07) is 8.71. The second-order valence-electron chi connectivity index (χ2n) is 7.42. The number of nitrogens with zero attached hydrogens (tertiary/aromatic N) is 1. The number of hydrogen-bond donors (Lipinski definition) is 3. The molecule has 0 saturated carbocycles. The number of para-hydroxylation sites is 2. The van der Waals surface area contributed by atoms with Crippen molar-refractivity contribution in [3.05, 3.63) is 70.0 Å². The molecule has 0 bridgehead atoms. The minimum absolute atomic E-state index is 0.0599. The molecular formula is C22H18F3N3O4. The molecule has 166 valence electrons. The Bertz CT molecular complexity index is 1270. The maximum atomic E-state index is 13.8. The summed E-state index contributed by atoms with van der Waals surface area (Å²) >= 11 is 0. The van der Waals surface area contributed by atoms with Gasteiger partial charge in [0.25, 0.3) is 5.91 Å². The van der Waals surface area contributed by atoms with Gasteiger partial charge in [-0.2, -0.15) is 13.2 Å². The maximum absolute atomic E-state index is 13.8. The first-order valence-corrected chi connectivity index (χ1v) is 9.80. The van der Waals surface area contributed by atoms with Crippen LogP contribution >= 0.6 is 0 Å². The molecule has 32 heavy (non-hydrogen) atoms. The number of alkyl halides is 3. The van der Waals surface area contributed by atoms with Crippen molar-refractivity contribution in [2.24, 2.45) is 0 Å². The Morgan fingerprint density at radius 3 is 2.59 bits per heavy atom. The molecule has 1 aliphatic rings. The predicted octanol–water partition coefficient (Wildman–Crippen LogP) is 3.85. The molecule has 1 amide bonds.